The quantitative estimate of drug-likeness (QED) is 0.498. The number of ketones is 2. The van der Waals surface area contributed by atoms with Gasteiger partial charge in [0.25, 0.3) is 0 Å². The third-order valence-corrected chi connectivity index (χ3v) is 10.0. The molecule has 0 aromatic rings. The molecule has 0 heterocycles. The lowest BCUT2D eigenvalue weighted by Gasteiger charge is -2.59. The monoisotopic (exact) mass is 398 g/mol. The van der Waals surface area contributed by atoms with Crippen LogP contribution in [0.1, 0.15) is 92.4 Å². The smallest absolute Gasteiger partial charge is 0.137 e. The summed E-state index contributed by atoms with van der Waals surface area (Å²) in [6, 6.07) is 0. The van der Waals surface area contributed by atoms with Crippen molar-refractivity contribution in [1.29, 1.82) is 0 Å². The third kappa shape index (κ3) is 3.47. The highest BCUT2D eigenvalue weighted by atomic mass is 16.1. The van der Waals surface area contributed by atoms with Crippen molar-refractivity contribution >= 4 is 11.6 Å². The van der Waals surface area contributed by atoms with Crippen molar-refractivity contribution in [3.63, 3.8) is 0 Å². The summed E-state index contributed by atoms with van der Waals surface area (Å²) in [6.07, 6.45) is 14.2. The fourth-order valence-corrected chi connectivity index (χ4v) is 8.44. The molecule has 162 valence electrons. The molecule has 4 aliphatic carbocycles. The van der Waals surface area contributed by atoms with E-state index in [0.29, 0.717) is 53.5 Å². The zero-order valence-electron chi connectivity index (χ0n) is 19.4. The van der Waals surface area contributed by atoms with Gasteiger partial charge in [-0.15, -0.1) is 0 Å². The number of Topliss-reactive ketones (excluding diaryl/α,β-unsaturated/α-hetero) is 2. The highest BCUT2D eigenvalue weighted by Gasteiger charge is 2.62. The van der Waals surface area contributed by atoms with Gasteiger partial charge < -0.3 is 0 Å². The second-order valence-corrected chi connectivity index (χ2v) is 12.0. The number of allylic oxidation sites excluding steroid dienone is 2. The topological polar surface area (TPSA) is 34.1 Å². The van der Waals surface area contributed by atoms with Crippen molar-refractivity contribution in [2.24, 2.45) is 52.3 Å². The van der Waals surface area contributed by atoms with Gasteiger partial charge in [0.1, 0.15) is 11.6 Å². The van der Waals surface area contributed by atoms with E-state index in [0.717, 1.165) is 24.7 Å². The average Bonchev–Trinajstić information content (AvgIpc) is 3.00. The predicted molar refractivity (Wildman–Crippen MR) is 118 cm³/mol. The lowest BCUT2D eigenvalue weighted by molar-refractivity contribution is -0.158. The molecule has 0 aromatic carbocycles. The Bertz CT molecular complexity index is 691. The normalized spacial score (nSPS) is 45.9. The van der Waals surface area contributed by atoms with Gasteiger partial charge in [-0.1, -0.05) is 46.8 Å². The molecule has 2 nitrogen and oxygen atoms in total. The fraction of sp³-hybridized carbons (Fsp3) is 0.852. The predicted octanol–water partition coefficient (Wildman–Crippen LogP) is 6.63. The van der Waals surface area contributed by atoms with Gasteiger partial charge >= 0.3 is 0 Å². The Labute approximate surface area is 178 Å². The van der Waals surface area contributed by atoms with Crippen LogP contribution in [0.25, 0.3) is 0 Å². The summed E-state index contributed by atoms with van der Waals surface area (Å²) >= 11 is 0. The first kappa shape index (κ1) is 21.3. The van der Waals surface area contributed by atoms with E-state index in [1.807, 2.05) is 0 Å². The molecule has 0 unspecified atom stereocenters. The maximum Gasteiger partial charge on any atom is 0.137 e. The van der Waals surface area contributed by atoms with Crippen molar-refractivity contribution in [2.75, 3.05) is 0 Å². The Morgan fingerprint density at radius 3 is 2.41 bits per heavy atom. The minimum Gasteiger partial charge on any atom is -0.300 e. The fourth-order valence-electron chi connectivity index (χ4n) is 8.44. The van der Waals surface area contributed by atoms with Gasteiger partial charge in [0, 0.05) is 25.2 Å². The lowest BCUT2D eigenvalue weighted by Crippen LogP contribution is -2.56. The number of hydrogen-bond donors (Lipinski definition) is 0. The second kappa shape index (κ2) is 7.65. The summed E-state index contributed by atoms with van der Waals surface area (Å²) in [5, 5.41) is 0. The van der Waals surface area contributed by atoms with Crippen molar-refractivity contribution in [2.45, 2.75) is 92.4 Å². The number of carbonyl (C=O) groups excluding carboxylic acids is 2. The van der Waals surface area contributed by atoms with E-state index < -0.39 is 0 Å². The van der Waals surface area contributed by atoms with Crippen LogP contribution in [0, 0.1) is 52.3 Å². The molecule has 0 aromatic heterocycles. The van der Waals surface area contributed by atoms with Gasteiger partial charge in [-0.2, -0.15) is 0 Å². The summed E-state index contributed by atoms with van der Waals surface area (Å²) in [4.78, 5) is 25.3. The number of hydrogen-bond acceptors (Lipinski definition) is 2. The van der Waals surface area contributed by atoms with E-state index >= 15 is 0 Å². The standard InChI is InChI=1S/C27H42O2/c1-17(2)7-6-8-18(3)21-9-10-22-20-16-25(29)24-15-19(28)11-13-27(24,5)23(20)12-14-26(21,22)4/h6,8,17-18,20-24H,7,9-16H2,1-5H3/b8-6+/t18-,20+,21-,22+,23-,24+,26-,27-/m1/s1. The molecule has 8 atom stereocenters. The van der Waals surface area contributed by atoms with Gasteiger partial charge in [0.15, 0.2) is 0 Å². The molecule has 0 N–H and O–H groups in total. The molecular formula is C27H42O2. The molecule has 0 radical (unpaired) electrons. The van der Waals surface area contributed by atoms with E-state index in [1.54, 1.807) is 0 Å². The minimum atomic E-state index is 0.0180. The summed E-state index contributed by atoms with van der Waals surface area (Å²) < 4.78 is 0. The van der Waals surface area contributed by atoms with Crippen molar-refractivity contribution < 1.29 is 9.59 Å². The SMILES string of the molecule is CC(C)C/C=C/[C@@H](C)[C@H]1CC[C@H]2[C@@H]3CC(=O)[C@@H]4CC(=O)CC[C@]4(C)[C@@H]3CC[C@]12C. The van der Waals surface area contributed by atoms with E-state index in [-0.39, 0.29) is 11.3 Å². The molecule has 4 rings (SSSR count). The van der Waals surface area contributed by atoms with Crippen LogP contribution in [0.5, 0.6) is 0 Å². The zero-order chi connectivity index (χ0) is 21.0. The number of rotatable bonds is 4. The van der Waals surface area contributed by atoms with Crippen LogP contribution in [0.2, 0.25) is 0 Å². The molecule has 0 aliphatic heterocycles. The minimum absolute atomic E-state index is 0.0180. The lowest BCUT2D eigenvalue weighted by atomic mass is 9.44. The van der Waals surface area contributed by atoms with Crippen molar-refractivity contribution in [1.82, 2.24) is 0 Å². The maximum absolute atomic E-state index is 13.2. The first-order chi connectivity index (χ1) is 13.7. The molecule has 0 bridgehead atoms. The van der Waals surface area contributed by atoms with Gasteiger partial charge in [0.2, 0.25) is 0 Å². The first-order valence-corrected chi connectivity index (χ1v) is 12.4. The van der Waals surface area contributed by atoms with Crippen molar-refractivity contribution in [3.05, 3.63) is 12.2 Å². The van der Waals surface area contributed by atoms with E-state index in [2.05, 4.69) is 46.8 Å². The molecule has 0 saturated heterocycles. The van der Waals surface area contributed by atoms with Crippen LogP contribution in [0.15, 0.2) is 12.2 Å². The molecule has 0 spiro atoms. The summed E-state index contributed by atoms with van der Waals surface area (Å²) in [6.45, 7) is 11.9. The summed E-state index contributed by atoms with van der Waals surface area (Å²) in [5.41, 5.74) is 0.465. The zero-order valence-corrected chi connectivity index (χ0v) is 19.4. The number of fused-ring (bicyclic) bond motifs is 5. The summed E-state index contributed by atoms with van der Waals surface area (Å²) in [5.74, 6) is 4.79. The van der Waals surface area contributed by atoms with Crippen LogP contribution in [0.3, 0.4) is 0 Å². The number of carbonyl (C=O) groups is 2. The molecule has 4 fully saturated rings. The molecule has 29 heavy (non-hydrogen) atoms. The molecule has 2 heteroatoms. The highest BCUT2D eigenvalue weighted by molar-refractivity contribution is 5.90. The Morgan fingerprint density at radius 2 is 1.69 bits per heavy atom. The third-order valence-electron chi connectivity index (χ3n) is 10.0. The van der Waals surface area contributed by atoms with Crippen molar-refractivity contribution in [3.8, 4) is 0 Å². The molecule has 4 aliphatic rings. The van der Waals surface area contributed by atoms with E-state index in [9.17, 15) is 9.59 Å². The molecule has 4 saturated carbocycles. The van der Waals surface area contributed by atoms with E-state index in [4.69, 9.17) is 0 Å². The second-order valence-electron chi connectivity index (χ2n) is 12.0. The van der Waals surface area contributed by atoms with Crippen LogP contribution in [0.4, 0.5) is 0 Å². The highest BCUT2D eigenvalue weighted by Crippen LogP contribution is 2.67. The Morgan fingerprint density at radius 1 is 0.966 bits per heavy atom. The largest absolute Gasteiger partial charge is 0.300 e. The van der Waals surface area contributed by atoms with Gasteiger partial charge in [-0.3, -0.25) is 9.59 Å². The van der Waals surface area contributed by atoms with Crippen LogP contribution in [-0.2, 0) is 9.59 Å². The van der Waals surface area contributed by atoms with Crippen LogP contribution >= 0.6 is 0 Å². The Kier molecular flexibility index (Phi) is 5.62. The van der Waals surface area contributed by atoms with Gasteiger partial charge in [-0.05, 0) is 84.9 Å². The maximum atomic E-state index is 13.2. The first-order valence-electron chi connectivity index (χ1n) is 12.4. The molecular weight excluding hydrogens is 356 g/mol. The van der Waals surface area contributed by atoms with Gasteiger partial charge in [-0.25, -0.2) is 0 Å². The summed E-state index contributed by atoms with van der Waals surface area (Å²) in [7, 11) is 0. The molecule has 0 amide bonds. The van der Waals surface area contributed by atoms with E-state index in [1.165, 1.54) is 32.1 Å². The Balaban J connectivity index is 1.55. The average molecular weight is 399 g/mol. The van der Waals surface area contributed by atoms with Crippen LogP contribution in [-0.4, -0.2) is 11.6 Å². The van der Waals surface area contributed by atoms with Gasteiger partial charge in [0.05, 0.1) is 0 Å². The van der Waals surface area contributed by atoms with Crippen LogP contribution < -0.4 is 0 Å². The Hall–Kier alpha value is -0.920.